The van der Waals surface area contributed by atoms with Crippen molar-refractivity contribution < 1.29 is 9.53 Å². The predicted octanol–water partition coefficient (Wildman–Crippen LogP) is 6.53. The molecule has 0 saturated carbocycles. The molecule has 0 radical (unpaired) electrons. The predicted molar refractivity (Wildman–Crippen MR) is 116 cm³/mol. The summed E-state index contributed by atoms with van der Waals surface area (Å²) in [7, 11) is 0. The number of rotatable bonds is 4. The van der Waals surface area contributed by atoms with E-state index >= 15 is 0 Å². The maximum atomic E-state index is 12.7. The molecule has 2 aromatic rings. The molecular formula is C26H28O2. The Hall–Kier alpha value is -2.79. The molecule has 0 bridgehead atoms. The van der Waals surface area contributed by atoms with Gasteiger partial charge in [-0.25, -0.2) is 4.79 Å². The van der Waals surface area contributed by atoms with Crippen LogP contribution in [0.25, 0.3) is 5.57 Å². The maximum Gasteiger partial charge on any atom is 0.344 e. The molecule has 2 heteroatoms. The zero-order valence-corrected chi connectivity index (χ0v) is 17.3. The molecule has 0 N–H and O–H groups in total. The summed E-state index contributed by atoms with van der Waals surface area (Å²) < 4.78 is 5.72. The molecule has 1 aliphatic rings. The SMILES string of the molecule is C#Cc1ccccc1C(=O)Oc1ccc2c(c1)C(=C(CC)CC)CCC2(C)C. The number of carbonyl (C=O) groups excluding carboxylic acids is 1. The number of hydrogen-bond acceptors (Lipinski definition) is 2. The number of hydrogen-bond donors (Lipinski definition) is 0. The van der Waals surface area contributed by atoms with Gasteiger partial charge >= 0.3 is 5.97 Å². The fourth-order valence-corrected chi connectivity index (χ4v) is 4.13. The van der Waals surface area contributed by atoms with Crippen LogP contribution in [0.1, 0.15) is 80.4 Å². The van der Waals surface area contributed by atoms with Gasteiger partial charge in [0.1, 0.15) is 5.75 Å². The van der Waals surface area contributed by atoms with E-state index in [2.05, 4.69) is 39.7 Å². The number of fused-ring (bicyclic) bond motifs is 1. The third kappa shape index (κ3) is 3.76. The van der Waals surface area contributed by atoms with Crippen molar-refractivity contribution in [2.45, 2.75) is 58.8 Å². The Morgan fingerprint density at radius 1 is 1.14 bits per heavy atom. The first-order valence-electron chi connectivity index (χ1n) is 10.0. The van der Waals surface area contributed by atoms with Crippen LogP contribution in [-0.4, -0.2) is 5.97 Å². The lowest BCUT2D eigenvalue weighted by atomic mass is 9.69. The van der Waals surface area contributed by atoms with Crippen molar-refractivity contribution in [3.8, 4) is 18.1 Å². The monoisotopic (exact) mass is 372 g/mol. The molecule has 0 saturated heterocycles. The average molecular weight is 373 g/mol. The minimum Gasteiger partial charge on any atom is -0.423 e. The first-order chi connectivity index (χ1) is 13.4. The Balaban J connectivity index is 2.02. The molecule has 3 rings (SSSR count). The quantitative estimate of drug-likeness (QED) is 0.346. The Kier molecular flexibility index (Phi) is 5.75. The molecule has 0 atom stereocenters. The van der Waals surface area contributed by atoms with E-state index in [1.165, 1.54) is 22.3 Å². The summed E-state index contributed by atoms with van der Waals surface area (Å²) in [6, 6.07) is 13.1. The standard InChI is InChI=1S/C26H28O2/c1-6-18(7-2)21-15-16-26(4,5)24-14-13-20(17-23(21)24)28-25(27)22-12-10-9-11-19(22)8-3/h3,9-14,17H,6-7,15-16H2,1-2,4-5H3. The Bertz CT molecular complexity index is 964. The van der Waals surface area contributed by atoms with Crippen LogP contribution in [0, 0.1) is 12.3 Å². The van der Waals surface area contributed by atoms with Gasteiger partial charge in [0.25, 0.3) is 0 Å². The summed E-state index contributed by atoms with van der Waals surface area (Å²) in [6.07, 6.45) is 9.81. The second kappa shape index (κ2) is 8.07. The number of terminal acetylenes is 1. The lowest BCUT2D eigenvalue weighted by Crippen LogP contribution is -2.24. The molecule has 0 unspecified atom stereocenters. The highest BCUT2D eigenvalue weighted by Crippen LogP contribution is 2.45. The highest BCUT2D eigenvalue weighted by molar-refractivity contribution is 5.94. The summed E-state index contributed by atoms with van der Waals surface area (Å²) in [5.41, 5.74) is 6.54. The topological polar surface area (TPSA) is 26.3 Å². The number of esters is 1. The smallest absolute Gasteiger partial charge is 0.344 e. The van der Waals surface area contributed by atoms with Crippen LogP contribution >= 0.6 is 0 Å². The van der Waals surface area contributed by atoms with Crippen molar-refractivity contribution >= 4 is 11.5 Å². The Labute approximate surface area is 168 Å². The van der Waals surface area contributed by atoms with Crippen molar-refractivity contribution in [3.63, 3.8) is 0 Å². The zero-order valence-electron chi connectivity index (χ0n) is 17.3. The number of allylic oxidation sites excluding steroid dienone is 2. The van der Waals surface area contributed by atoms with E-state index in [1.807, 2.05) is 18.2 Å². The van der Waals surface area contributed by atoms with Gasteiger partial charge in [-0.2, -0.15) is 0 Å². The van der Waals surface area contributed by atoms with Crippen LogP contribution in [0.2, 0.25) is 0 Å². The van der Waals surface area contributed by atoms with E-state index in [-0.39, 0.29) is 5.41 Å². The molecule has 2 nitrogen and oxygen atoms in total. The summed E-state index contributed by atoms with van der Waals surface area (Å²) in [4.78, 5) is 12.7. The van der Waals surface area contributed by atoms with E-state index in [1.54, 1.807) is 18.2 Å². The van der Waals surface area contributed by atoms with Gasteiger partial charge in [0.2, 0.25) is 0 Å². The fourth-order valence-electron chi connectivity index (χ4n) is 4.13. The Morgan fingerprint density at radius 3 is 2.54 bits per heavy atom. The summed E-state index contributed by atoms with van der Waals surface area (Å²) in [5, 5.41) is 0. The first-order valence-corrected chi connectivity index (χ1v) is 10.0. The Morgan fingerprint density at radius 2 is 1.86 bits per heavy atom. The largest absolute Gasteiger partial charge is 0.423 e. The second-order valence-corrected chi connectivity index (χ2v) is 7.96. The van der Waals surface area contributed by atoms with Gasteiger partial charge in [-0.1, -0.05) is 57.4 Å². The van der Waals surface area contributed by atoms with Gasteiger partial charge in [-0.15, -0.1) is 6.42 Å². The van der Waals surface area contributed by atoms with Crippen LogP contribution in [-0.2, 0) is 5.41 Å². The molecule has 0 aliphatic heterocycles. The molecule has 1 aliphatic carbocycles. The van der Waals surface area contributed by atoms with Crippen LogP contribution in [0.15, 0.2) is 48.0 Å². The van der Waals surface area contributed by atoms with E-state index in [0.29, 0.717) is 16.9 Å². The molecule has 2 aromatic carbocycles. The lowest BCUT2D eigenvalue weighted by Gasteiger charge is -2.35. The molecule has 0 amide bonds. The highest BCUT2D eigenvalue weighted by Gasteiger charge is 2.31. The minimum absolute atomic E-state index is 0.115. The molecule has 0 fully saturated rings. The third-order valence-electron chi connectivity index (χ3n) is 5.84. The number of ether oxygens (including phenoxy) is 1. The lowest BCUT2D eigenvalue weighted by molar-refractivity contribution is 0.0734. The van der Waals surface area contributed by atoms with Crippen molar-refractivity contribution in [1.82, 2.24) is 0 Å². The number of carbonyl (C=O) groups is 1. The van der Waals surface area contributed by atoms with E-state index in [0.717, 1.165) is 25.7 Å². The van der Waals surface area contributed by atoms with E-state index < -0.39 is 5.97 Å². The molecule has 0 aromatic heterocycles. The zero-order chi connectivity index (χ0) is 20.3. The van der Waals surface area contributed by atoms with Crippen LogP contribution in [0.4, 0.5) is 0 Å². The minimum atomic E-state index is -0.416. The van der Waals surface area contributed by atoms with Crippen molar-refractivity contribution in [1.29, 1.82) is 0 Å². The normalized spacial score (nSPS) is 14.8. The maximum absolute atomic E-state index is 12.7. The third-order valence-corrected chi connectivity index (χ3v) is 5.84. The van der Waals surface area contributed by atoms with Gasteiger partial charge < -0.3 is 4.74 Å². The number of benzene rings is 2. The fraction of sp³-hybridized carbons (Fsp3) is 0.346. The van der Waals surface area contributed by atoms with Crippen LogP contribution < -0.4 is 4.74 Å². The van der Waals surface area contributed by atoms with E-state index in [9.17, 15) is 4.79 Å². The summed E-state index contributed by atoms with van der Waals surface area (Å²) in [5.74, 6) is 2.70. The van der Waals surface area contributed by atoms with E-state index in [4.69, 9.17) is 11.2 Å². The average Bonchev–Trinajstić information content (AvgIpc) is 2.70. The van der Waals surface area contributed by atoms with Gasteiger partial charge in [-0.3, -0.25) is 0 Å². The van der Waals surface area contributed by atoms with Crippen LogP contribution in [0.5, 0.6) is 5.75 Å². The highest BCUT2D eigenvalue weighted by atomic mass is 16.5. The van der Waals surface area contributed by atoms with Gasteiger partial charge in [0, 0.05) is 5.56 Å². The van der Waals surface area contributed by atoms with Gasteiger partial charge in [-0.05, 0) is 72.1 Å². The van der Waals surface area contributed by atoms with Gasteiger partial charge in [0.15, 0.2) is 0 Å². The summed E-state index contributed by atoms with van der Waals surface area (Å²) >= 11 is 0. The molecule has 28 heavy (non-hydrogen) atoms. The van der Waals surface area contributed by atoms with Gasteiger partial charge in [0.05, 0.1) is 5.56 Å². The molecular weight excluding hydrogens is 344 g/mol. The van der Waals surface area contributed by atoms with Crippen molar-refractivity contribution in [2.75, 3.05) is 0 Å². The molecule has 0 heterocycles. The molecule has 0 spiro atoms. The summed E-state index contributed by atoms with van der Waals surface area (Å²) in [6.45, 7) is 9.00. The molecule has 144 valence electrons. The first kappa shape index (κ1) is 20.0. The van der Waals surface area contributed by atoms with Crippen molar-refractivity contribution in [3.05, 3.63) is 70.3 Å². The van der Waals surface area contributed by atoms with Crippen LogP contribution in [0.3, 0.4) is 0 Å². The second-order valence-electron chi connectivity index (χ2n) is 7.96. The van der Waals surface area contributed by atoms with Crippen molar-refractivity contribution in [2.24, 2.45) is 0 Å².